The summed E-state index contributed by atoms with van der Waals surface area (Å²) < 4.78 is 5.01. The summed E-state index contributed by atoms with van der Waals surface area (Å²) in [5.74, 6) is 1.40. The van der Waals surface area contributed by atoms with E-state index in [9.17, 15) is 49.5 Å². The number of rotatable bonds is 24. The van der Waals surface area contributed by atoms with Crippen LogP contribution in [-0.4, -0.2) is 234 Å². The molecule has 0 radical (unpaired) electrons. The number of carbonyl (C=O) groups excluding carboxylic acids is 5. The lowest BCUT2D eigenvalue weighted by Gasteiger charge is -2.43. The number of H-pyrrole nitrogens is 5. The minimum atomic E-state index is -0.708. The van der Waals surface area contributed by atoms with E-state index in [0.29, 0.717) is 122 Å². The summed E-state index contributed by atoms with van der Waals surface area (Å²) in [5.41, 5.74) is 7.63. The average molecular weight is 2110 g/mol. The molecule has 37 heteroatoms. The molecule has 0 saturated carbocycles. The molecule has 11 heterocycles. The first kappa shape index (κ1) is 113. The summed E-state index contributed by atoms with van der Waals surface area (Å²) in [4.78, 5) is 75.6. The van der Waals surface area contributed by atoms with Gasteiger partial charge in [0.15, 0.2) is 0 Å². The van der Waals surface area contributed by atoms with Gasteiger partial charge < -0.3 is 81.4 Å². The van der Waals surface area contributed by atoms with Crippen molar-refractivity contribution in [3.8, 4) is 0 Å². The van der Waals surface area contributed by atoms with Crippen LogP contribution >= 0.6 is 58.0 Å². The standard InChI is InChI=1S/C25H31ClN4O2.C22H26ClN5O2.C21H31ClN4O3.C21H31ClN4O2.C20H29ClN4O2/c1-16(17-7-5-4-6-8-17)28-24(32)30-11-9-19(10-12-30)25(2,3)23(31)21-14-20(26)13-18-15-27-29-22(18)21;1-22(2,20(29)18-11-16(23)10-14-12-25-27-19(14)18)15-5-8-28(9-6-15)21(30)26-17-4-3-7-24-13-17;1-21(2,19(27)17-12-16(22)11-14-13-24-25-18(14)17)15-5-8-26(9-6-15)20(28)23-7-4-10-29-3;1-20(2,3)24-19(28)26-8-6-14(7-9-26)21(4,5)18(27)16-11-15(22)10-13-12-23-25-17(13)16;1-4-7-22-19(27)25-8-5-14(6-9-25)20(2,3)18(26)16-11-15(21)10-13-12-23-24-17(13)16/h4-8,13-16,19,23,31H,9-12H2,1-3H3,(H,27,29)(H,28,32);3-4,7,10-13,15,20,29H,5-6,8-9H2,1-2H3,(H,25,27)(H,26,30);11-13,15,19,27H,4-10H2,1-3H3,(H,23,28)(H,24,25);10-12,14,18,27H,6-9H2,1-5H3,(H,23,25)(H,24,28);10-12,14,18,26H,4-9H2,1-3H3,(H,22,27)(H,23,24)/t16-,23?;;;;/m0..../s1. The van der Waals surface area contributed by atoms with Gasteiger partial charge in [0.2, 0.25) is 0 Å². The van der Waals surface area contributed by atoms with Gasteiger partial charge in [0, 0.05) is 184 Å². The third-order valence-corrected chi connectivity index (χ3v) is 32.3. The largest absolute Gasteiger partial charge is 0.388 e. The number of amides is 10. The monoisotopic (exact) mass is 2100 g/mol. The SMILES string of the molecule is CC(C)(C)NC(=O)N1CCC(C(C)(C)C(O)c2cc(Cl)cc3cn[nH]c23)CC1.CC(C)(C1CCN(C(=O)Nc2cccnc2)CC1)C(O)c1cc(Cl)cc2cn[nH]c12.CCCNC(=O)N1CCC(C(C)(C)C(O)c2cc(Cl)cc3cn[nH]c23)CC1.COCCCNC(=O)N1CCC(C(C)(C)C(O)c2cc(Cl)cc3cn[nH]c23)CC1.C[C@H](NC(=O)N1CCC(C(C)(C)C(O)c2cc(Cl)cc3cn[nH]c23)CC1)c1ccccc1. The van der Waals surface area contributed by atoms with Gasteiger partial charge in [-0.15, -0.1) is 0 Å². The van der Waals surface area contributed by atoms with Gasteiger partial charge in [0.25, 0.3) is 0 Å². The fourth-order valence-electron chi connectivity index (χ4n) is 21.6. The Balaban J connectivity index is 0.000000153. The lowest BCUT2D eigenvalue weighted by atomic mass is 9.68. The van der Waals surface area contributed by atoms with Gasteiger partial charge in [0.05, 0.1) is 107 Å². The molecule has 6 aromatic heterocycles. The Morgan fingerprint density at radius 3 is 0.938 bits per heavy atom. The number of pyridine rings is 1. The molecule has 15 N–H and O–H groups in total. The topological polar surface area (TPSA) is 428 Å². The molecule has 5 unspecified atom stereocenters. The summed E-state index contributed by atoms with van der Waals surface area (Å²) in [7, 11) is 1.66. The first-order valence-electron chi connectivity index (χ1n) is 51.0. The molecule has 146 heavy (non-hydrogen) atoms. The number of urea groups is 5. The Labute approximate surface area is 880 Å². The normalized spacial score (nSPS) is 17.2. The van der Waals surface area contributed by atoms with Gasteiger partial charge in [-0.25, -0.2) is 24.0 Å². The number of fused-ring (bicyclic) bond motifs is 5. The molecular weight excluding hydrogens is 1960 g/mol. The maximum absolute atomic E-state index is 12.8. The predicted molar refractivity (Wildman–Crippen MR) is 579 cm³/mol. The van der Waals surface area contributed by atoms with E-state index < -0.39 is 35.9 Å². The van der Waals surface area contributed by atoms with E-state index in [1.54, 1.807) is 56.6 Å². The second kappa shape index (κ2) is 49.2. The van der Waals surface area contributed by atoms with Crippen LogP contribution in [0.2, 0.25) is 25.1 Å². The highest BCUT2D eigenvalue weighted by Crippen LogP contribution is 2.53. The molecule has 6 aromatic carbocycles. The number of aromatic nitrogens is 11. The molecule has 5 saturated heterocycles. The molecule has 32 nitrogen and oxygen atoms in total. The first-order valence-corrected chi connectivity index (χ1v) is 52.9. The molecule has 790 valence electrons. The van der Waals surface area contributed by atoms with Crippen LogP contribution in [-0.2, 0) is 4.74 Å². The van der Waals surface area contributed by atoms with Crippen LogP contribution < -0.4 is 26.6 Å². The number of hydrogen-bond donors (Lipinski definition) is 15. The van der Waals surface area contributed by atoms with Gasteiger partial charge in [-0.05, 0) is 240 Å². The van der Waals surface area contributed by atoms with E-state index in [1.807, 2.05) is 156 Å². The van der Waals surface area contributed by atoms with Gasteiger partial charge >= 0.3 is 30.2 Å². The van der Waals surface area contributed by atoms with Gasteiger partial charge in [-0.3, -0.25) is 30.5 Å². The van der Waals surface area contributed by atoms with E-state index in [2.05, 4.69) is 152 Å². The second-order valence-electron chi connectivity index (χ2n) is 43.8. The Kier molecular flexibility index (Phi) is 37.9. The number of likely N-dealkylation sites (tertiary alicyclic amines) is 5. The molecule has 12 aromatic rings. The summed E-state index contributed by atoms with van der Waals surface area (Å²) in [5, 5.41) is 114. The molecule has 5 fully saturated rings. The highest BCUT2D eigenvalue weighted by atomic mass is 35.5. The lowest BCUT2D eigenvalue weighted by molar-refractivity contribution is -0.0145. The van der Waals surface area contributed by atoms with Crippen molar-refractivity contribution in [1.29, 1.82) is 0 Å². The van der Waals surface area contributed by atoms with E-state index in [0.717, 1.165) is 165 Å². The van der Waals surface area contributed by atoms with Crippen molar-refractivity contribution >= 4 is 148 Å². The number of carbonyl (C=O) groups is 5. The average Bonchev–Trinajstić information content (AvgIpc) is 1.34. The Bertz CT molecular complexity index is 6320. The van der Waals surface area contributed by atoms with E-state index >= 15 is 0 Å². The fraction of sp³-hybridized carbons (Fsp3) is 0.532. The Morgan fingerprint density at radius 1 is 0.384 bits per heavy atom. The minimum absolute atomic E-state index is 0.0154. The number of anilines is 1. The first-order chi connectivity index (χ1) is 69.3. The predicted octanol–water partition coefficient (Wildman–Crippen LogP) is 22.4. The maximum atomic E-state index is 12.8. The van der Waals surface area contributed by atoms with Crippen LogP contribution in [0.25, 0.3) is 54.5 Å². The number of aliphatic hydroxyl groups is 5. The van der Waals surface area contributed by atoms with Crippen LogP contribution in [0.15, 0.2) is 147 Å². The van der Waals surface area contributed by atoms with Crippen molar-refractivity contribution in [3.63, 3.8) is 0 Å². The summed E-state index contributed by atoms with van der Waals surface area (Å²) in [6, 6.07) is 31.7. The van der Waals surface area contributed by atoms with Crippen LogP contribution in [0.1, 0.15) is 251 Å². The van der Waals surface area contributed by atoms with Crippen LogP contribution in [0, 0.1) is 56.7 Å². The molecule has 0 spiro atoms. The molecule has 0 bridgehead atoms. The number of halogens is 5. The quantitative estimate of drug-likeness (QED) is 0.0250. The molecule has 10 amide bonds. The summed E-state index contributed by atoms with van der Waals surface area (Å²) in [6.45, 7) is 39.7. The number of benzene rings is 6. The zero-order valence-electron chi connectivity index (χ0n) is 86.9. The molecular formula is C109H148Cl5N21O11. The van der Waals surface area contributed by atoms with Gasteiger partial charge in [-0.1, -0.05) is 164 Å². The number of nitrogens with zero attached hydrogens (tertiary/aromatic N) is 11. The molecule has 0 aliphatic carbocycles. The molecule has 17 rings (SSSR count). The van der Waals surface area contributed by atoms with Crippen LogP contribution in [0.3, 0.4) is 0 Å². The van der Waals surface area contributed by atoms with Gasteiger partial charge in [-0.2, -0.15) is 25.5 Å². The number of nitrogens with one attached hydrogen (secondary N) is 10. The smallest absolute Gasteiger partial charge is 0.321 e. The van der Waals surface area contributed by atoms with Crippen molar-refractivity contribution in [2.75, 3.05) is 97.6 Å². The lowest BCUT2D eigenvalue weighted by Crippen LogP contribution is -2.52. The van der Waals surface area contributed by atoms with Crippen molar-refractivity contribution in [2.45, 2.75) is 223 Å². The fourth-order valence-corrected chi connectivity index (χ4v) is 22.8. The zero-order chi connectivity index (χ0) is 105. The van der Waals surface area contributed by atoms with Crippen molar-refractivity contribution in [3.05, 3.63) is 205 Å². The highest BCUT2D eigenvalue weighted by Gasteiger charge is 2.47. The highest BCUT2D eigenvalue weighted by molar-refractivity contribution is 6.33. The molecule has 5 aliphatic heterocycles. The second-order valence-corrected chi connectivity index (χ2v) is 46.0. The number of aromatic amines is 5. The van der Waals surface area contributed by atoms with Crippen molar-refractivity contribution in [1.82, 2.24) is 102 Å². The minimum Gasteiger partial charge on any atom is -0.388 e. The number of ether oxygens (including phenoxy) is 1. The van der Waals surface area contributed by atoms with Crippen LogP contribution in [0.5, 0.6) is 0 Å². The van der Waals surface area contributed by atoms with Crippen LogP contribution in [0.4, 0.5) is 29.7 Å². The number of hydrogen-bond acceptors (Lipinski definition) is 17. The Hall–Kier alpha value is -10.6. The van der Waals surface area contributed by atoms with E-state index in [-0.39, 0.29) is 87.1 Å². The third-order valence-electron chi connectivity index (χ3n) is 31.3. The number of aliphatic hydroxyl groups excluding tert-OH is 5. The number of methoxy groups -OCH3 is 1. The van der Waals surface area contributed by atoms with Gasteiger partial charge in [0.1, 0.15) is 0 Å². The molecule has 5 aliphatic rings. The molecule has 6 atom stereocenters. The maximum Gasteiger partial charge on any atom is 0.321 e. The van der Waals surface area contributed by atoms with E-state index in [1.165, 1.54) is 0 Å². The summed E-state index contributed by atoms with van der Waals surface area (Å²) in [6.07, 6.45) is 18.6. The zero-order valence-corrected chi connectivity index (χ0v) is 90.7. The summed E-state index contributed by atoms with van der Waals surface area (Å²) >= 11 is 31.3. The van der Waals surface area contributed by atoms with E-state index in [4.69, 9.17) is 62.7 Å². The third kappa shape index (κ3) is 27.3. The van der Waals surface area contributed by atoms with Crippen molar-refractivity contribution in [2.24, 2.45) is 56.7 Å². The number of piperidine rings is 5. The Morgan fingerprint density at radius 2 is 0.664 bits per heavy atom. The van der Waals surface area contributed by atoms with Crippen molar-refractivity contribution < 1.29 is 54.2 Å².